The van der Waals surface area contributed by atoms with Crippen molar-refractivity contribution in [3.05, 3.63) is 30.1 Å². The minimum absolute atomic E-state index is 0.221. The Labute approximate surface area is 142 Å². The first-order valence-electron chi connectivity index (χ1n) is 8.52. The SMILES string of the molecule is O=C1CCC(c2noc3ccc4c(ccn4C4CC(O)C4)c23)C(=O)N1. The van der Waals surface area contributed by atoms with Crippen molar-refractivity contribution in [3.63, 3.8) is 0 Å². The summed E-state index contributed by atoms with van der Waals surface area (Å²) in [6, 6.07) is 6.16. The van der Waals surface area contributed by atoms with E-state index in [0.717, 1.165) is 29.1 Å². The maximum Gasteiger partial charge on any atom is 0.235 e. The monoisotopic (exact) mass is 339 g/mol. The van der Waals surface area contributed by atoms with E-state index >= 15 is 0 Å². The highest BCUT2D eigenvalue weighted by molar-refractivity contribution is 6.09. The van der Waals surface area contributed by atoms with E-state index in [1.807, 2.05) is 24.4 Å². The van der Waals surface area contributed by atoms with Crippen LogP contribution in [0, 0.1) is 0 Å². The number of aromatic nitrogens is 2. The van der Waals surface area contributed by atoms with Crippen LogP contribution in [0.3, 0.4) is 0 Å². The second-order valence-electron chi connectivity index (χ2n) is 6.95. The van der Waals surface area contributed by atoms with Crippen LogP contribution in [0.1, 0.15) is 43.3 Å². The third-order valence-corrected chi connectivity index (χ3v) is 5.41. The number of nitrogens with one attached hydrogen (secondary N) is 1. The average molecular weight is 339 g/mol. The van der Waals surface area contributed by atoms with E-state index in [9.17, 15) is 14.7 Å². The molecule has 0 radical (unpaired) electrons. The van der Waals surface area contributed by atoms with Crippen molar-refractivity contribution >= 4 is 33.7 Å². The molecule has 0 spiro atoms. The minimum Gasteiger partial charge on any atom is -0.393 e. The predicted octanol–water partition coefficient (Wildman–Crippen LogP) is 2.00. The fourth-order valence-electron chi connectivity index (χ4n) is 4.00. The van der Waals surface area contributed by atoms with Gasteiger partial charge in [0.1, 0.15) is 5.69 Å². The van der Waals surface area contributed by atoms with Crippen LogP contribution in [0.2, 0.25) is 0 Å². The zero-order valence-electron chi connectivity index (χ0n) is 13.4. The van der Waals surface area contributed by atoms with Gasteiger partial charge >= 0.3 is 0 Å². The molecule has 1 aliphatic heterocycles. The molecule has 2 aliphatic rings. The van der Waals surface area contributed by atoms with Crippen LogP contribution in [0.15, 0.2) is 28.9 Å². The number of nitrogens with zero attached hydrogens (tertiary/aromatic N) is 2. The number of aliphatic hydroxyl groups excluding tert-OH is 1. The van der Waals surface area contributed by atoms with Gasteiger partial charge in [0.25, 0.3) is 0 Å². The summed E-state index contributed by atoms with van der Waals surface area (Å²) >= 11 is 0. The van der Waals surface area contributed by atoms with Gasteiger partial charge in [-0.25, -0.2) is 0 Å². The van der Waals surface area contributed by atoms with Crippen molar-refractivity contribution in [2.24, 2.45) is 0 Å². The van der Waals surface area contributed by atoms with Crippen molar-refractivity contribution in [2.75, 3.05) is 0 Å². The number of hydrogen-bond donors (Lipinski definition) is 2. The first-order chi connectivity index (χ1) is 12.1. The number of imide groups is 1. The van der Waals surface area contributed by atoms with Crippen molar-refractivity contribution in [2.45, 2.75) is 43.7 Å². The Morgan fingerprint density at radius 2 is 2.08 bits per heavy atom. The van der Waals surface area contributed by atoms with E-state index in [-0.39, 0.29) is 17.9 Å². The second-order valence-corrected chi connectivity index (χ2v) is 6.95. The Kier molecular flexibility index (Phi) is 3.03. The highest BCUT2D eigenvalue weighted by atomic mass is 16.5. The largest absolute Gasteiger partial charge is 0.393 e. The lowest BCUT2D eigenvalue weighted by Gasteiger charge is -2.33. The standard InChI is InChI=1S/C18H17N3O4/c22-10-7-9(8-10)21-6-5-11-13(21)2-3-14-16(11)17(20-25-14)12-1-4-15(23)19-18(12)24/h2-3,5-6,9-10,12,22H,1,4,7-8H2,(H,19,23,24). The van der Waals surface area contributed by atoms with Crippen LogP contribution in [0.5, 0.6) is 0 Å². The lowest BCUT2D eigenvalue weighted by molar-refractivity contribution is -0.134. The lowest BCUT2D eigenvalue weighted by Crippen LogP contribution is -2.39. The van der Waals surface area contributed by atoms with Gasteiger partial charge in [0, 0.05) is 29.6 Å². The van der Waals surface area contributed by atoms with Crippen LogP contribution in [0.4, 0.5) is 0 Å². The third-order valence-electron chi connectivity index (χ3n) is 5.41. The summed E-state index contributed by atoms with van der Waals surface area (Å²) in [4.78, 5) is 23.7. The Bertz CT molecular complexity index is 1010. The van der Waals surface area contributed by atoms with Gasteiger partial charge in [-0.2, -0.15) is 0 Å². The quantitative estimate of drug-likeness (QED) is 0.696. The number of rotatable bonds is 2. The number of carbonyl (C=O) groups excluding carboxylic acids is 2. The van der Waals surface area contributed by atoms with Gasteiger partial charge in [-0.15, -0.1) is 0 Å². The molecule has 2 fully saturated rings. The summed E-state index contributed by atoms with van der Waals surface area (Å²) in [7, 11) is 0. The van der Waals surface area contributed by atoms with Gasteiger partial charge in [-0.05, 0) is 37.5 Å². The average Bonchev–Trinajstić information content (AvgIpc) is 3.15. The second kappa shape index (κ2) is 5.16. The van der Waals surface area contributed by atoms with E-state index < -0.39 is 5.92 Å². The van der Waals surface area contributed by atoms with Crippen molar-refractivity contribution in [1.29, 1.82) is 0 Å². The van der Waals surface area contributed by atoms with E-state index in [2.05, 4.69) is 15.0 Å². The Balaban J connectivity index is 1.64. The van der Waals surface area contributed by atoms with Gasteiger partial charge in [-0.3, -0.25) is 14.9 Å². The van der Waals surface area contributed by atoms with Crippen molar-refractivity contribution in [3.8, 4) is 0 Å². The smallest absolute Gasteiger partial charge is 0.235 e. The molecule has 1 saturated carbocycles. The topological polar surface area (TPSA) is 97.4 Å². The highest BCUT2D eigenvalue weighted by Gasteiger charge is 2.33. The van der Waals surface area contributed by atoms with Crippen LogP contribution in [-0.4, -0.2) is 32.7 Å². The van der Waals surface area contributed by atoms with Crippen LogP contribution in [0.25, 0.3) is 21.9 Å². The summed E-state index contributed by atoms with van der Waals surface area (Å²) in [6.07, 6.45) is 4.06. The molecule has 5 rings (SSSR count). The molecule has 3 heterocycles. The molecule has 7 nitrogen and oxygen atoms in total. The summed E-state index contributed by atoms with van der Waals surface area (Å²) in [5, 5.41) is 17.9. The highest BCUT2D eigenvalue weighted by Crippen LogP contribution is 2.39. The van der Waals surface area contributed by atoms with Gasteiger partial charge in [-0.1, -0.05) is 5.16 Å². The molecule has 1 aromatic carbocycles. The molecule has 3 aromatic rings. The van der Waals surface area contributed by atoms with E-state index in [1.54, 1.807) is 0 Å². The molecular weight excluding hydrogens is 322 g/mol. The minimum atomic E-state index is -0.474. The van der Waals surface area contributed by atoms with Gasteiger partial charge < -0.3 is 14.2 Å². The summed E-state index contributed by atoms with van der Waals surface area (Å²) in [6.45, 7) is 0. The lowest BCUT2D eigenvalue weighted by atomic mass is 9.89. The van der Waals surface area contributed by atoms with Crippen molar-refractivity contribution in [1.82, 2.24) is 15.0 Å². The molecule has 7 heteroatoms. The molecule has 2 amide bonds. The summed E-state index contributed by atoms with van der Waals surface area (Å²) in [5.74, 6) is -1.03. The molecular formula is C18H17N3O4. The Hall–Kier alpha value is -2.67. The molecule has 2 N–H and O–H groups in total. The van der Waals surface area contributed by atoms with Crippen molar-refractivity contribution < 1.29 is 19.2 Å². The number of piperidine rings is 1. The number of aliphatic hydroxyl groups is 1. The molecule has 1 aliphatic carbocycles. The Morgan fingerprint density at radius 1 is 1.24 bits per heavy atom. The zero-order chi connectivity index (χ0) is 17.1. The molecule has 128 valence electrons. The summed E-state index contributed by atoms with van der Waals surface area (Å²) in [5.41, 5.74) is 2.27. The van der Waals surface area contributed by atoms with Crippen LogP contribution in [-0.2, 0) is 9.59 Å². The molecule has 25 heavy (non-hydrogen) atoms. The molecule has 0 bridgehead atoms. The molecule has 2 aromatic heterocycles. The van der Waals surface area contributed by atoms with E-state index in [4.69, 9.17) is 4.52 Å². The maximum absolute atomic E-state index is 12.2. The first kappa shape index (κ1) is 14.7. The number of carbonyl (C=O) groups is 2. The fourth-order valence-corrected chi connectivity index (χ4v) is 4.00. The zero-order valence-corrected chi connectivity index (χ0v) is 13.4. The van der Waals surface area contributed by atoms with Crippen LogP contribution >= 0.6 is 0 Å². The Morgan fingerprint density at radius 3 is 2.84 bits per heavy atom. The van der Waals surface area contributed by atoms with E-state index in [1.165, 1.54) is 0 Å². The normalized spacial score (nSPS) is 26.8. The summed E-state index contributed by atoms with van der Waals surface area (Å²) < 4.78 is 7.62. The van der Waals surface area contributed by atoms with Gasteiger partial charge in [0.05, 0.1) is 17.4 Å². The van der Waals surface area contributed by atoms with Gasteiger partial charge in [0.15, 0.2) is 5.58 Å². The maximum atomic E-state index is 12.2. The van der Waals surface area contributed by atoms with Crippen LogP contribution < -0.4 is 5.32 Å². The van der Waals surface area contributed by atoms with E-state index in [0.29, 0.717) is 30.2 Å². The number of amides is 2. The third kappa shape index (κ3) is 2.12. The number of fused-ring (bicyclic) bond motifs is 3. The predicted molar refractivity (Wildman–Crippen MR) is 88.9 cm³/mol. The number of hydrogen-bond acceptors (Lipinski definition) is 5. The molecule has 1 unspecified atom stereocenters. The number of benzene rings is 1. The fraction of sp³-hybridized carbons (Fsp3) is 0.389. The molecule has 1 atom stereocenters. The van der Waals surface area contributed by atoms with Gasteiger partial charge in [0.2, 0.25) is 11.8 Å². The molecule has 1 saturated heterocycles. The first-order valence-corrected chi connectivity index (χ1v) is 8.52.